The predicted molar refractivity (Wildman–Crippen MR) is 77.1 cm³/mol. The van der Waals surface area contributed by atoms with Crippen molar-refractivity contribution in [1.82, 2.24) is 0 Å². The first-order valence-corrected chi connectivity index (χ1v) is 7.26. The molecule has 0 unspecified atom stereocenters. The number of thiophene rings is 1. The molecule has 0 aliphatic heterocycles. The number of carbonyl (C=O) groups is 1. The van der Waals surface area contributed by atoms with E-state index < -0.39 is 5.60 Å². The minimum Gasteiger partial charge on any atom is -0.456 e. The van der Waals surface area contributed by atoms with Gasteiger partial charge < -0.3 is 10.5 Å². The third-order valence-electron chi connectivity index (χ3n) is 2.42. The molecule has 0 aromatic carbocycles. The Morgan fingerprint density at radius 2 is 2.06 bits per heavy atom. The number of carbonyl (C=O) groups excluding carboxylic acids is 1. The number of hydrogen-bond acceptors (Lipinski definition) is 4. The Kier molecular flexibility index (Phi) is 5.20. The molecular formula is C14H23NO2S. The van der Waals surface area contributed by atoms with Gasteiger partial charge in [-0.2, -0.15) is 0 Å². The van der Waals surface area contributed by atoms with E-state index in [1.807, 2.05) is 26.8 Å². The highest BCUT2D eigenvalue weighted by atomic mass is 32.1. The number of rotatable bonds is 5. The van der Waals surface area contributed by atoms with Crippen molar-refractivity contribution in [3.8, 4) is 0 Å². The Hall–Kier alpha value is -1.03. The van der Waals surface area contributed by atoms with Crippen LogP contribution in [-0.4, -0.2) is 11.6 Å². The quantitative estimate of drug-likeness (QED) is 0.649. The SMILES string of the molecule is CCCCCc1cc(N)c(C(=O)OC(C)(C)C)s1. The van der Waals surface area contributed by atoms with Gasteiger partial charge in [-0.15, -0.1) is 11.3 Å². The third-order valence-corrected chi connectivity index (χ3v) is 3.61. The smallest absolute Gasteiger partial charge is 0.350 e. The van der Waals surface area contributed by atoms with Crippen LogP contribution >= 0.6 is 11.3 Å². The topological polar surface area (TPSA) is 52.3 Å². The van der Waals surface area contributed by atoms with E-state index >= 15 is 0 Å². The Bertz CT molecular complexity index is 404. The van der Waals surface area contributed by atoms with Gasteiger partial charge >= 0.3 is 5.97 Å². The highest BCUT2D eigenvalue weighted by molar-refractivity contribution is 7.14. The molecule has 1 rings (SSSR count). The Morgan fingerprint density at radius 1 is 1.39 bits per heavy atom. The molecule has 4 heteroatoms. The van der Waals surface area contributed by atoms with Crippen molar-refractivity contribution in [2.24, 2.45) is 0 Å². The Morgan fingerprint density at radius 3 is 2.61 bits per heavy atom. The van der Waals surface area contributed by atoms with E-state index in [9.17, 15) is 4.79 Å². The molecule has 0 radical (unpaired) electrons. The van der Waals surface area contributed by atoms with Crippen molar-refractivity contribution in [2.45, 2.75) is 59.0 Å². The van der Waals surface area contributed by atoms with Crippen LogP contribution in [0.2, 0.25) is 0 Å². The standard InChI is InChI=1S/C14H23NO2S/c1-5-6-7-8-10-9-11(15)12(18-10)13(16)17-14(2,3)4/h9H,5-8,15H2,1-4H3. The van der Waals surface area contributed by atoms with Crippen molar-refractivity contribution in [3.05, 3.63) is 15.8 Å². The molecule has 1 aromatic rings. The van der Waals surface area contributed by atoms with Gasteiger partial charge in [0.2, 0.25) is 0 Å². The van der Waals surface area contributed by atoms with Gasteiger partial charge in [0, 0.05) is 4.88 Å². The lowest BCUT2D eigenvalue weighted by atomic mass is 10.2. The maximum atomic E-state index is 11.9. The molecule has 0 saturated heterocycles. The van der Waals surface area contributed by atoms with Gasteiger partial charge in [0.1, 0.15) is 10.5 Å². The summed E-state index contributed by atoms with van der Waals surface area (Å²) in [6.45, 7) is 7.75. The van der Waals surface area contributed by atoms with Gasteiger partial charge in [-0.1, -0.05) is 19.8 Å². The normalized spacial score (nSPS) is 11.6. The van der Waals surface area contributed by atoms with Crippen LogP contribution in [-0.2, 0) is 11.2 Å². The Labute approximate surface area is 113 Å². The van der Waals surface area contributed by atoms with Gasteiger partial charge in [0.05, 0.1) is 5.69 Å². The zero-order chi connectivity index (χ0) is 13.8. The van der Waals surface area contributed by atoms with Crippen LogP contribution in [0.5, 0.6) is 0 Å². The maximum absolute atomic E-state index is 11.9. The first-order valence-electron chi connectivity index (χ1n) is 6.45. The molecule has 1 heterocycles. The van der Waals surface area contributed by atoms with Crippen LogP contribution in [0.25, 0.3) is 0 Å². The summed E-state index contributed by atoms with van der Waals surface area (Å²) in [6, 6.07) is 1.90. The molecule has 2 N–H and O–H groups in total. The highest BCUT2D eigenvalue weighted by Crippen LogP contribution is 2.28. The summed E-state index contributed by atoms with van der Waals surface area (Å²) in [5, 5.41) is 0. The number of aryl methyl sites for hydroxylation is 1. The van der Waals surface area contributed by atoms with Crippen LogP contribution in [0.1, 0.15) is 61.5 Å². The molecule has 18 heavy (non-hydrogen) atoms. The Balaban J connectivity index is 2.69. The molecule has 0 spiro atoms. The number of ether oxygens (including phenoxy) is 1. The molecule has 102 valence electrons. The van der Waals surface area contributed by atoms with Crippen molar-refractivity contribution in [2.75, 3.05) is 5.73 Å². The number of hydrogen-bond donors (Lipinski definition) is 1. The van der Waals surface area contributed by atoms with E-state index in [2.05, 4.69) is 6.92 Å². The lowest BCUT2D eigenvalue weighted by Gasteiger charge is -2.18. The van der Waals surface area contributed by atoms with E-state index in [4.69, 9.17) is 10.5 Å². The molecule has 0 aliphatic rings. The van der Waals surface area contributed by atoms with Crippen molar-refractivity contribution in [1.29, 1.82) is 0 Å². The first kappa shape index (κ1) is 15.0. The predicted octanol–water partition coefficient (Wildman–Crippen LogP) is 4.02. The summed E-state index contributed by atoms with van der Waals surface area (Å²) >= 11 is 1.46. The summed E-state index contributed by atoms with van der Waals surface area (Å²) in [4.78, 5) is 13.6. The van der Waals surface area contributed by atoms with Crippen molar-refractivity contribution < 1.29 is 9.53 Å². The van der Waals surface area contributed by atoms with Gasteiger partial charge in [-0.3, -0.25) is 0 Å². The molecule has 1 aromatic heterocycles. The molecular weight excluding hydrogens is 246 g/mol. The van der Waals surface area contributed by atoms with Crippen LogP contribution in [0.15, 0.2) is 6.07 Å². The van der Waals surface area contributed by atoms with E-state index in [1.165, 1.54) is 29.1 Å². The molecule has 0 bridgehead atoms. The molecule has 3 nitrogen and oxygen atoms in total. The van der Waals surface area contributed by atoms with Crippen LogP contribution in [0.3, 0.4) is 0 Å². The average molecular weight is 269 g/mol. The second kappa shape index (κ2) is 6.23. The summed E-state index contributed by atoms with van der Waals surface area (Å²) in [5.74, 6) is -0.313. The van der Waals surface area contributed by atoms with E-state index in [-0.39, 0.29) is 5.97 Å². The summed E-state index contributed by atoms with van der Waals surface area (Å²) < 4.78 is 5.34. The number of nitrogens with two attached hydrogens (primary N) is 1. The first-order chi connectivity index (χ1) is 8.33. The lowest BCUT2D eigenvalue weighted by Crippen LogP contribution is -2.23. The largest absolute Gasteiger partial charge is 0.456 e. The van der Waals surface area contributed by atoms with E-state index in [0.717, 1.165) is 12.8 Å². The minimum absolute atomic E-state index is 0.313. The molecule has 0 fully saturated rings. The fourth-order valence-corrected chi connectivity index (χ4v) is 2.61. The van der Waals surface area contributed by atoms with Crippen LogP contribution in [0, 0.1) is 0 Å². The summed E-state index contributed by atoms with van der Waals surface area (Å²) in [7, 11) is 0. The van der Waals surface area contributed by atoms with Gasteiger partial charge in [0.15, 0.2) is 0 Å². The fraction of sp³-hybridized carbons (Fsp3) is 0.643. The zero-order valence-electron chi connectivity index (χ0n) is 11.7. The minimum atomic E-state index is -0.476. The molecule has 0 atom stereocenters. The van der Waals surface area contributed by atoms with E-state index in [0.29, 0.717) is 10.6 Å². The van der Waals surface area contributed by atoms with E-state index in [1.54, 1.807) is 0 Å². The second-order valence-electron chi connectivity index (χ2n) is 5.46. The number of esters is 1. The fourth-order valence-electron chi connectivity index (χ4n) is 1.61. The number of anilines is 1. The van der Waals surface area contributed by atoms with Crippen LogP contribution in [0.4, 0.5) is 5.69 Å². The third kappa shape index (κ3) is 4.69. The zero-order valence-corrected chi connectivity index (χ0v) is 12.5. The summed E-state index contributed by atoms with van der Waals surface area (Å²) in [6.07, 6.45) is 4.54. The monoisotopic (exact) mass is 269 g/mol. The lowest BCUT2D eigenvalue weighted by molar-refractivity contribution is 0.00764. The second-order valence-corrected chi connectivity index (χ2v) is 6.59. The number of unbranched alkanes of at least 4 members (excludes halogenated alkanes) is 2. The number of nitrogen functional groups attached to an aromatic ring is 1. The highest BCUT2D eigenvalue weighted by Gasteiger charge is 2.21. The molecule has 0 aliphatic carbocycles. The molecule has 0 saturated carbocycles. The maximum Gasteiger partial charge on any atom is 0.350 e. The van der Waals surface area contributed by atoms with Gasteiger partial charge in [-0.05, 0) is 39.7 Å². The van der Waals surface area contributed by atoms with Crippen molar-refractivity contribution in [3.63, 3.8) is 0 Å². The van der Waals surface area contributed by atoms with Gasteiger partial charge in [-0.25, -0.2) is 4.79 Å². The van der Waals surface area contributed by atoms with Crippen molar-refractivity contribution >= 4 is 23.0 Å². The van der Waals surface area contributed by atoms with Gasteiger partial charge in [0.25, 0.3) is 0 Å². The van der Waals surface area contributed by atoms with Crippen LogP contribution < -0.4 is 5.73 Å². The average Bonchev–Trinajstić information content (AvgIpc) is 2.58. The summed E-state index contributed by atoms with van der Waals surface area (Å²) in [5.41, 5.74) is 5.94. The molecule has 0 amide bonds.